The maximum atomic E-state index is 12.9. The van der Waals surface area contributed by atoms with Gasteiger partial charge in [0, 0.05) is 0 Å². The average Bonchev–Trinajstić information content (AvgIpc) is 2.67. The Kier molecular flexibility index (Phi) is 9.60. The second-order valence-corrected chi connectivity index (χ2v) is 8.25. The topological polar surface area (TPSA) is 9.23 Å². The van der Waals surface area contributed by atoms with Crippen molar-refractivity contribution in [1.29, 1.82) is 0 Å². The Morgan fingerprint density at radius 1 is 0.893 bits per heavy atom. The Hall–Kier alpha value is -1.26. The summed E-state index contributed by atoms with van der Waals surface area (Å²) >= 11 is 0. The van der Waals surface area contributed by atoms with Crippen LogP contribution in [-0.2, 0) is 6.42 Å². The SMILES string of the molecule is CCCCCCCC1CCC(CCc2ccc(OC(F)C(F)(F)F)cc2)CC1. The maximum absolute atomic E-state index is 12.9. The molecule has 0 N–H and O–H groups in total. The van der Waals surface area contributed by atoms with E-state index in [1.165, 1.54) is 76.3 Å². The molecule has 1 saturated carbocycles. The highest BCUT2D eigenvalue weighted by Crippen LogP contribution is 2.34. The van der Waals surface area contributed by atoms with Gasteiger partial charge in [0.25, 0.3) is 0 Å². The summed E-state index contributed by atoms with van der Waals surface area (Å²) in [5.41, 5.74) is 1.06. The molecule has 160 valence electrons. The van der Waals surface area contributed by atoms with Crippen LogP contribution in [0.4, 0.5) is 17.6 Å². The largest absolute Gasteiger partial charge is 0.457 e. The third kappa shape index (κ3) is 8.40. The molecule has 1 nitrogen and oxygen atoms in total. The zero-order valence-corrected chi connectivity index (χ0v) is 16.9. The van der Waals surface area contributed by atoms with E-state index in [2.05, 4.69) is 11.7 Å². The first kappa shape index (κ1) is 23.0. The van der Waals surface area contributed by atoms with Crippen molar-refractivity contribution in [2.75, 3.05) is 0 Å². The van der Waals surface area contributed by atoms with Gasteiger partial charge in [0.2, 0.25) is 0 Å². The van der Waals surface area contributed by atoms with Gasteiger partial charge in [-0.2, -0.15) is 17.6 Å². The highest BCUT2D eigenvalue weighted by atomic mass is 19.4. The van der Waals surface area contributed by atoms with Gasteiger partial charge in [0.05, 0.1) is 0 Å². The molecule has 1 aromatic carbocycles. The number of hydrogen-bond acceptors (Lipinski definition) is 1. The lowest BCUT2D eigenvalue weighted by molar-refractivity contribution is -0.236. The van der Waals surface area contributed by atoms with E-state index in [4.69, 9.17) is 0 Å². The molecule has 0 heterocycles. The first-order valence-corrected chi connectivity index (χ1v) is 10.8. The number of unbranched alkanes of at least 4 members (excludes halogenated alkanes) is 4. The Morgan fingerprint density at radius 2 is 1.46 bits per heavy atom. The van der Waals surface area contributed by atoms with E-state index < -0.39 is 12.5 Å². The molecule has 2 rings (SSSR count). The monoisotopic (exact) mass is 402 g/mol. The van der Waals surface area contributed by atoms with Crippen LogP contribution in [-0.4, -0.2) is 12.5 Å². The second-order valence-electron chi connectivity index (χ2n) is 8.25. The van der Waals surface area contributed by atoms with Gasteiger partial charge in [-0.3, -0.25) is 0 Å². The van der Waals surface area contributed by atoms with Gasteiger partial charge in [0.15, 0.2) is 0 Å². The van der Waals surface area contributed by atoms with Crippen molar-refractivity contribution in [1.82, 2.24) is 0 Å². The van der Waals surface area contributed by atoms with Crippen LogP contribution in [0, 0.1) is 11.8 Å². The summed E-state index contributed by atoms with van der Waals surface area (Å²) in [5.74, 6) is 1.55. The molecule has 1 aromatic rings. The van der Waals surface area contributed by atoms with E-state index in [9.17, 15) is 17.6 Å². The molecular formula is C23H34F4O. The minimum Gasteiger partial charge on any atom is -0.452 e. The van der Waals surface area contributed by atoms with Crippen LogP contribution in [0.25, 0.3) is 0 Å². The molecule has 0 aliphatic heterocycles. The Balaban J connectivity index is 1.63. The van der Waals surface area contributed by atoms with E-state index in [-0.39, 0.29) is 5.75 Å². The predicted octanol–water partition coefficient (Wildman–Crippen LogP) is 8.02. The number of benzene rings is 1. The molecule has 28 heavy (non-hydrogen) atoms. The standard InChI is InChI=1S/C23H34F4O/c1-2-3-4-5-6-7-18-8-10-19(11-9-18)12-13-20-14-16-21(17-15-20)28-22(24)23(25,26)27/h14-19,22H,2-13H2,1H3. The van der Waals surface area contributed by atoms with E-state index in [1.54, 1.807) is 12.1 Å². The molecule has 1 aliphatic carbocycles. The summed E-state index contributed by atoms with van der Waals surface area (Å²) in [6.45, 7) is 2.25. The first-order chi connectivity index (χ1) is 13.4. The van der Waals surface area contributed by atoms with E-state index in [0.717, 1.165) is 30.2 Å². The summed E-state index contributed by atoms with van der Waals surface area (Å²) < 4.78 is 53.8. The van der Waals surface area contributed by atoms with E-state index in [0.29, 0.717) is 0 Å². The average molecular weight is 403 g/mol. The van der Waals surface area contributed by atoms with E-state index >= 15 is 0 Å². The Bertz CT molecular complexity index is 533. The molecule has 0 saturated heterocycles. The zero-order valence-electron chi connectivity index (χ0n) is 16.9. The number of halogens is 4. The van der Waals surface area contributed by atoms with Gasteiger partial charge < -0.3 is 4.74 Å². The van der Waals surface area contributed by atoms with Crippen molar-refractivity contribution in [2.24, 2.45) is 11.8 Å². The third-order valence-electron chi connectivity index (χ3n) is 5.94. The zero-order chi connectivity index (χ0) is 20.4. The minimum atomic E-state index is -4.99. The summed E-state index contributed by atoms with van der Waals surface area (Å²) in [7, 11) is 0. The smallest absolute Gasteiger partial charge is 0.452 e. The quantitative estimate of drug-likeness (QED) is 0.269. The van der Waals surface area contributed by atoms with Gasteiger partial charge in [-0.25, -0.2) is 0 Å². The summed E-state index contributed by atoms with van der Waals surface area (Å²) in [6, 6.07) is 6.31. The molecule has 1 aliphatic rings. The Morgan fingerprint density at radius 3 is 2.04 bits per heavy atom. The molecule has 0 bridgehead atoms. The van der Waals surface area contributed by atoms with Crippen molar-refractivity contribution >= 4 is 0 Å². The lowest BCUT2D eigenvalue weighted by atomic mass is 9.78. The first-order valence-electron chi connectivity index (χ1n) is 10.8. The van der Waals surface area contributed by atoms with Crippen LogP contribution in [0.2, 0.25) is 0 Å². The van der Waals surface area contributed by atoms with Crippen molar-refractivity contribution in [3.05, 3.63) is 29.8 Å². The van der Waals surface area contributed by atoms with Crippen LogP contribution < -0.4 is 4.74 Å². The summed E-state index contributed by atoms with van der Waals surface area (Å²) in [6.07, 6.45) is 7.14. The normalized spacial score (nSPS) is 21.5. The highest BCUT2D eigenvalue weighted by molar-refractivity contribution is 5.27. The molecule has 0 spiro atoms. The van der Waals surface area contributed by atoms with Crippen LogP contribution in [0.5, 0.6) is 5.75 Å². The number of hydrogen-bond donors (Lipinski definition) is 0. The van der Waals surface area contributed by atoms with E-state index in [1.807, 2.05) is 0 Å². The predicted molar refractivity (Wildman–Crippen MR) is 105 cm³/mol. The number of aryl methyl sites for hydroxylation is 1. The van der Waals surface area contributed by atoms with Gasteiger partial charge >= 0.3 is 12.5 Å². The molecule has 1 fully saturated rings. The van der Waals surface area contributed by atoms with Crippen LogP contribution in [0.1, 0.15) is 83.1 Å². The van der Waals surface area contributed by atoms with Gasteiger partial charge in [-0.05, 0) is 42.4 Å². The molecule has 1 atom stereocenters. The summed E-state index contributed by atoms with van der Waals surface area (Å²) in [5, 5.41) is 0. The van der Waals surface area contributed by atoms with Crippen LogP contribution in [0.15, 0.2) is 24.3 Å². The lowest BCUT2D eigenvalue weighted by Gasteiger charge is -2.28. The molecule has 5 heteroatoms. The summed E-state index contributed by atoms with van der Waals surface area (Å²) in [4.78, 5) is 0. The third-order valence-corrected chi connectivity index (χ3v) is 5.94. The van der Waals surface area contributed by atoms with Crippen molar-refractivity contribution in [3.8, 4) is 5.75 Å². The second kappa shape index (κ2) is 11.7. The molecular weight excluding hydrogens is 368 g/mol. The fourth-order valence-corrected chi connectivity index (χ4v) is 4.14. The number of rotatable bonds is 11. The van der Waals surface area contributed by atoms with Gasteiger partial charge in [-0.1, -0.05) is 83.3 Å². The minimum absolute atomic E-state index is 0.0898. The molecule has 1 unspecified atom stereocenters. The van der Waals surface area contributed by atoms with Crippen LogP contribution >= 0.6 is 0 Å². The number of ether oxygens (including phenoxy) is 1. The molecule has 0 aromatic heterocycles. The number of alkyl halides is 4. The van der Waals surface area contributed by atoms with Gasteiger partial charge in [0.1, 0.15) is 5.75 Å². The van der Waals surface area contributed by atoms with Crippen LogP contribution in [0.3, 0.4) is 0 Å². The van der Waals surface area contributed by atoms with Crippen molar-refractivity contribution in [3.63, 3.8) is 0 Å². The van der Waals surface area contributed by atoms with Crippen molar-refractivity contribution < 1.29 is 22.3 Å². The highest BCUT2D eigenvalue weighted by Gasteiger charge is 2.42. The van der Waals surface area contributed by atoms with Crippen molar-refractivity contribution in [2.45, 2.75) is 96.5 Å². The Labute approximate surface area is 166 Å². The lowest BCUT2D eigenvalue weighted by Crippen LogP contribution is -2.29. The maximum Gasteiger partial charge on any atom is 0.457 e. The fourth-order valence-electron chi connectivity index (χ4n) is 4.14. The molecule has 0 radical (unpaired) electrons. The van der Waals surface area contributed by atoms with Gasteiger partial charge in [-0.15, -0.1) is 0 Å². The fraction of sp³-hybridized carbons (Fsp3) is 0.739. The molecule has 0 amide bonds.